The molecule has 210 valence electrons. The Balaban J connectivity index is 1.75. The highest BCUT2D eigenvalue weighted by molar-refractivity contribution is 6.24. The van der Waals surface area contributed by atoms with Crippen molar-refractivity contribution in [2.24, 2.45) is 17.6 Å². The highest BCUT2D eigenvalue weighted by atomic mass is 16.5. The number of aliphatic hydroxyl groups is 3. The molecule has 40 heavy (non-hydrogen) atoms. The third kappa shape index (κ3) is 3.61. The normalized spacial score (nSPS) is 25.9. The minimum Gasteiger partial charge on any atom is -0.508 e. The summed E-state index contributed by atoms with van der Waals surface area (Å²) in [6.07, 6.45) is 0.148. The number of rotatable bonds is 5. The molecule has 0 saturated heterocycles. The predicted molar refractivity (Wildman–Crippen MR) is 143 cm³/mol. The Bertz CT molecular complexity index is 1540. The molecule has 3 aliphatic rings. The van der Waals surface area contributed by atoms with Crippen molar-refractivity contribution in [1.82, 2.24) is 4.90 Å². The number of ether oxygens (including phenoxy) is 2. The Kier molecular flexibility index (Phi) is 6.39. The number of methoxy groups -OCH3 is 2. The van der Waals surface area contributed by atoms with E-state index in [-0.39, 0.29) is 29.7 Å². The van der Waals surface area contributed by atoms with Gasteiger partial charge in [-0.3, -0.25) is 19.3 Å². The maximum atomic E-state index is 14.0. The zero-order valence-electron chi connectivity index (χ0n) is 22.4. The van der Waals surface area contributed by atoms with E-state index in [4.69, 9.17) is 15.2 Å². The SMILES string of the molecule is COc1ccc(OC)c(-c2ccc(O)c3c2CC2CC4[C@H](N(C)C)C(=O)C(C(N)=O)=C(O)[C@@]4(O)C(=O)C2=C3O)c1. The molecule has 0 aromatic heterocycles. The number of aliphatic hydroxyl groups excluding tert-OH is 2. The number of amides is 1. The highest BCUT2D eigenvalue weighted by Crippen LogP contribution is 2.54. The summed E-state index contributed by atoms with van der Waals surface area (Å²) in [6, 6.07) is 7.10. The first-order valence-corrected chi connectivity index (χ1v) is 12.6. The third-order valence-electron chi connectivity index (χ3n) is 8.30. The van der Waals surface area contributed by atoms with Gasteiger partial charge in [0.05, 0.1) is 25.8 Å². The summed E-state index contributed by atoms with van der Waals surface area (Å²) in [6.45, 7) is 0. The van der Waals surface area contributed by atoms with Crippen LogP contribution in [0.2, 0.25) is 0 Å². The van der Waals surface area contributed by atoms with Crippen LogP contribution in [0.1, 0.15) is 17.5 Å². The Morgan fingerprint density at radius 2 is 1.75 bits per heavy atom. The Labute approximate surface area is 229 Å². The number of carbonyl (C=O) groups is 3. The number of hydrogen-bond acceptors (Lipinski definition) is 10. The zero-order chi connectivity index (χ0) is 29.3. The van der Waals surface area contributed by atoms with Gasteiger partial charge in [0.25, 0.3) is 5.91 Å². The van der Waals surface area contributed by atoms with Gasteiger partial charge in [-0.15, -0.1) is 0 Å². The molecule has 2 aromatic carbocycles. The molecule has 5 rings (SSSR count). The van der Waals surface area contributed by atoms with Crippen LogP contribution in [0, 0.1) is 11.8 Å². The fourth-order valence-electron chi connectivity index (χ4n) is 6.52. The number of aromatic hydroxyl groups is 1. The van der Waals surface area contributed by atoms with Crippen molar-refractivity contribution in [2.45, 2.75) is 24.5 Å². The van der Waals surface area contributed by atoms with Crippen molar-refractivity contribution in [3.05, 3.63) is 58.4 Å². The largest absolute Gasteiger partial charge is 0.508 e. The van der Waals surface area contributed by atoms with Gasteiger partial charge < -0.3 is 35.6 Å². The quantitative estimate of drug-likeness (QED) is 0.344. The van der Waals surface area contributed by atoms with Crippen molar-refractivity contribution in [2.75, 3.05) is 28.3 Å². The molecule has 0 bridgehead atoms. The number of nitrogens with two attached hydrogens (primary N) is 1. The standard InChI is InChI=1S/C29H30N2O9/c1-31(2)23-17-10-12-9-16-14(15-11-13(39-3)5-8-19(15)40-4)6-7-18(32)21(16)24(33)20(12)26(35)29(17,38)27(36)22(25(23)34)28(30)37/h5-8,11-12,17,23,32-33,36,38H,9-10H2,1-4H3,(H2,30,37)/t12?,17?,23-,29-/m0/s1. The molecule has 0 heterocycles. The van der Waals surface area contributed by atoms with E-state index in [1.165, 1.54) is 25.2 Å². The van der Waals surface area contributed by atoms with Crippen molar-refractivity contribution in [3.8, 4) is 28.4 Å². The van der Waals surface area contributed by atoms with Gasteiger partial charge in [0.15, 0.2) is 11.4 Å². The van der Waals surface area contributed by atoms with Crippen molar-refractivity contribution in [1.29, 1.82) is 0 Å². The van der Waals surface area contributed by atoms with Crippen molar-refractivity contribution in [3.63, 3.8) is 0 Å². The predicted octanol–water partition coefficient (Wildman–Crippen LogP) is 1.65. The summed E-state index contributed by atoms with van der Waals surface area (Å²) >= 11 is 0. The van der Waals surface area contributed by atoms with Crippen molar-refractivity contribution >= 4 is 23.2 Å². The van der Waals surface area contributed by atoms with E-state index in [1.54, 1.807) is 38.4 Å². The molecule has 0 aliphatic heterocycles. The van der Waals surface area contributed by atoms with Crippen LogP contribution in [0.4, 0.5) is 0 Å². The molecular formula is C29H30N2O9. The van der Waals surface area contributed by atoms with E-state index >= 15 is 0 Å². The van der Waals surface area contributed by atoms with E-state index in [0.29, 0.717) is 28.2 Å². The molecule has 11 nitrogen and oxygen atoms in total. The van der Waals surface area contributed by atoms with E-state index in [1.807, 2.05) is 0 Å². The number of benzene rings is 2. The van der Waals surface area contributed by atoms with E-state index in [0.717, 1.165) is 0 Å². The van der Waals surface area contributed by atoms with Crippen LogP contribution in [0.3, 0.4) is 0 Å². The lowest BCUT2D eigenvalue weighted by atomic mass is 9.57. The number of likely N-dealkylation sites (N-methyl/N-ethyl adjacent to an activating group) is 1. The summed E-state index contributed by atoms with van der Waals surface area (Å²) in [5.41, 5.74) is 3.38. The molecule has 3 aliphatic carbocycles. The number of ketones is 2. The fourth-order valence-corrected chi connectivity index (χ4v) is 6.52. The number of Topliss-reactive ketones (excluding diaryl/α,β-unsaturated/α-hetero) is 2. The number of phenols is 1. The molecule has 2 unspecified atom stereocenters. The minimum absolute atomic E-state index is 0.00124. The van der Waals surface area contributed by atoms with Crippen molar-refractivity contribution < 1.29 is 44.3 Å². The van der Waals surface area contributed by atoms with Gasteiger partial charge in [0.2, 0.25) is 5.78 Å². The second kappa shape index (κ2) is 9.39. The van der Waals surface area contributed by atoms with Crippen LogP contribution in [0.15, 0.2) is 47.2 Å². The fraction of sp³-hybridized carbons (Fsp3) is 0.345. The average molecular weight is 551 g/mol. The Morgan fingerprint density at radius 3 is 2.35 bits per heavy atom. The zero-order valence-corrected chi connectivity index (χ0v) is 22.4. The lowest BCUT2D eigenvalue weighted by Crippen LogP contribution is -2.65. The van der Waals surface area contributed by atoms with E-state index < -0.39 is 58.0 Å². The first-order valence-electron chi connectivity index (χ1n) is 12.6. The lowest BCUT2D eigenvalue weighted by molar-refractivity contribution is -0.153. The monoisotopic (exact) mass is 550 g/mol. The molecule has 0 radical (unpaired) electrons. The smallest absolute Gasteiger partial charge is 0.255 e. The first-order chi connectivity index (χ1) is 18.9. The van der Waals surface area contributed by atoms with Gasteiger partial charge in [0.1, 0.15) is 34.3 Å². The number of hydrogen-bond donors (Lipinski definition) is 5. The van der Waals surface area contributed by atoms with Gasteiger partial charge in [-0.05, 0) is 68.2 Å². The van der Waals surface area contributed by atoms with Crippen LogP contribution >= 0.6 is 0 Å². The lowest BCUT2D eigenvalue weighted by Gasteiger charge is -2.50. The number of primary amides is 1. The number of carbonyl (C=O) groups excluding carboxylic acids is 3. The summed E-state index contributed by atoms with van der Waals surface area (Å²) in [5.74, 6) is -5.91. The molecule has 6 N–H and O–H groups in total. The second-order valence-corrected chi connectivity index (χ2v) is 10.5. The van der Waals surface area contributed by atoms with Crippen LogP contribution < -0.4 is 15.2 Å². The average Bonchev–Trinajstić information content (AvgIpc) is 2.90. The minimum atomic E-state index is -2.69. The number of nitrogens with zero attached hydrogens (tertiary/aromatic N) is 1. The molecule has 2 aromatic rings. The van der Waals surface area contributed by atoms with Crippen LogP contribution in [0.25, 0.3) is 16.9 Å². The first kappa shape index (κ1) is 27.2. The molecular weight excluding hydrogens is 520 g/mol. The summed E-state index contributed by atoms with van der Waals surface area (Å²) in [5, 5.41) is 45.0. The Hall–Kier alpha value is -4.35. The van der Waals surface area contributed by atoms with E-state index in [9.17, 15) is 34.8 Å². The van der Waals surface area contributed by atoms with Gasteiger partial charge in [-0.25, -0.2) is 0 Å². The Morgan fingerprint density at radius 1 is 1.05 bits per heavy atom. The van der Waals surface area contributed by atoms with Gasteiger partial charge >= 0.3 is 0 Å². The van der Waals surface area contributed by atoms with Crippen LogP contribution in [-0.2, 0) is 20.8 Å². The summed E-state index contributed by atoms with van der Waals surface area (Å²) < 4.78 is 10.9. The summed E-state index contributed by atoms with van der Waals surface area (Å²) in [7, 11) is 6.14. The summed E-state index contributed by atoms with van der Waals surface area (Å²) in [4.78, 5) is 40.8. The second-order valence-electron chi connectivity index (χ2n) is 10.5. The molecule has 11 heteroatoms. The molecule has 4 atom stereocenters. The van der Waals surface area contributed by atoms with Gasteiger partial charge in [-0.2, -0.15) is 0 Å². The maximum absolute atomic E-state index is 14.0. The molecule has 1 fully saturated rings. The van der Waals surface area contributed by atoms with E-state index in [2.05, 4.69) is 0 Å². The van der Waals surface area contributed by atoms with Crippen LogP contribution in [-0.4, -0.2) is 82.8 Å². The number of phenolic OH excluding ortho intramolecular Hbond substituents is 1. The molecule has 1 amide bonds. The highest BCUT2D eigenvalue weighted by Gasteiger charge is 2.64. The third-order valence-corrected chi connectivity index (χ3v) is 8.30. The maximum Gasteiger partial charge on any atom is 0.255 e. The van der Waals surface area contributed by atoms with Crippen LogP contribution in [0.5, 0.6) is 17.2 Å². The number of fused-ring (bicyclic) bond motifs is 3. The molecule has 0 spiro atoms. The molecule has 1 saturated carbocycles. The van der Waals surface area contributed by atoms with Gasteiger partial charge in [0, 0.05) is 17.1 Å². The topological polar surface area (TPSA) is 180 Å². The van der Waals surface area contributed by atoms with Gasteiger partial charge in [-0.1, -0.05) is 6.07 Å².